The van der Waals surface area contributed by atoms with Crippen molar-refractivity contribution in [3.63, 3.8) is 0 Å². The van der Waals surface area contributed by atoms with E-state index in [1.54, 1.807) is 27.7 Å². The van der Waals surface area contributed by atoms with E-state index in [4.69, 9.17) is 21.7 Å². The van der Waals surface area contributed by atoms with Gasteiger partial charge < -0.3 is 31.2 Å². The lowest BCUT2D eigenvalue weighted by atomic mass is 9.79. The smallest absolute Gasteiger partial charge is 0.323 e. The fraction of sp³-hybridized carbons (Fsp3) is 0.778. The van der Waals surface area contributed by atoms with E-state index < -0.39 is 35.4 Å². The Balaban J connectivity index is 0. The van der Waals surface area contributed by atoms with Crippen molar-refractivity contribution in [3.8, 4) is 0 Å². The predicted molar refractivity (Wildman–Crippen MR) is 101 cm³/mol. The summed E-state index contributed by atoms with van der Waals surface area (Å²) in [5, 5.41) is 17.5. The minimum Gasteiger partial charge on any atom is -0.481 e. The van der Waals surface area contributed by atoms with E-state index in [1.165, 1.54) is 0 Å². The minimum atomic E-state index is -1.42. The van der Waals surface area contributed by atoms with E-state index in [1.807, 2.05) is 0 Å². The van der Waals surface area contributed by atoms with Crippen molar-refractivity contribution in [2.45, 2.75) is 71.4 Å². The molecule has 0 fully saturated rings. The van der Waals surface area contributed by atoms with Crippen molar-refractivity contribution in [1.29, 1.82) is 0 Å². The third-order valence-corrected chi connectivity index (χ3v) is 4.18. The number of carboxylic acids is 2. The van der Waals surface area contributed by atoms with Gasteiger partial charge in [0.05, 0.1) is 19.6 Å². The number of esters is 2. The molecule has 0 radical (unpaired) electrons. The second-order valence-electron chi connectivity index (χ2n) is 6.10. The van der Waals surface area contributed by atoms with E-state index in [0.717, 1.165) is 0 Å². The van der Waals surface area contributed by atoms with Crippen LogP contribution >= 0.6 is 0 Å². The molecule has 0 aliphatic heterocycles. The Morgan fingerprint density at radius 1 is 1.00 bits per heavy atom. The lowest BCUT2D eigenvalue weighted by Crippen LogP contribution is -2.54. The molecule has 0 spiro atoms. The molecule has 2 unspecified atom stereocenters. The maximum Gasteiger partial charge on any atom is 0.323 e. The van der Waals surface area contributed by atoms with Crippen LogP contribution in [0, 0.1) is 5.92 Å². The number of nitrogens with two attached hydrogens (primary N) is 2. The first-order valence-corrected chi connectivity index (χ1v) is 9.31. The molecule has 0 aromatic carbocycles. The molecule has 0 saturated carbocycles. The highest BCUT2D eigenvalue weighted by Gasteiger charge is 2.40. The normalized spacial score (nSPS) is 14.5. The maximum atomic E-state index is 11.0. The van der Waals surface area contributed by atoms with Crippen LogP contribution in [0.25, 0.3) is 0 Å². The van der Waals surface area contributed by atoms with Crippen molar-refractivity contribution in [3.05, 3.63) is 0 Å². The van der Waals surface area contributed by atoms with Crippen molar-refractivity contribution >= 4 is 23.9 Å². The first-order chi connectivity index (χ1) is 13.0. The Labute approximate surface area is 165 Å². The van der Waals surface area contributed by atoms with Crippen LogP contribution in [0.3, 0.4) is 0 Å². The summed E-state index contributed by atoms with van der Waals surface area (Å²) in [5.74, 6) is -3.49. The number of hydrogen-bond donors (Lipinski definition) is 4. The molecule has 28 heavy (non-hydrogen) atoms. The predicted octanol–water partition coefficient (Wildman–Crippen LogP) is 0.900. The van der Waals surface area contributed by atoms with Crippen molar-refractivity contribution < 1.29 is 38.9 Å². The highest BCUT2D eigenvalue weighted by molar-refractivity contribution is 5.80. The molecule has 0 bridgehead atoms. The Kier molecular flexibility index (Phi) is 14.8. The maximum absolute atomic E-state index is 11.0. The van der Waals surface area contributed by atoms with Gasteiger partial charge in [-0.15, -0.1) is 0 Å². The molecule has 164 valence electrons. The largest absolute Gasteiger partial charge is 0.481 e. The molecule has 3 atom stereocenters. The monoisotopic (exact) mass is 406 g/mol. The van der Waals surface area contributed by atoms with Gasteiger partial charge in [0.25, 0.3) is 0 Å². The number of carbonyl (C=O) groups excluding carboxylic acids is 2. The number of ether oxygens (including phenoxy) is 2. The van der Waals surface area contributed by atoms with Crippen LogP contribution in [0.1, 0.15) is 59.8 Å². The molecule has 10 heteroatoms. The second-order valence-corrected chi connectivity index (χ2v) is 6.10. The Hall–Kier alpha value is -2.20. The van der Waals surface area contributed by atoms with Gasteiger partial charge in [-0.25, -0.2) is 0 Å². The number of aliphatic carboxylic acids is 2. The lowest BCUT2D eigenvalue weighted by molar-refractivity contribution is -0.148. The van der Waals surface area contributed by atoms with Crippen LogP contribution in [-0.4, -0.2) is 58.9 Å². The molecule has 6 N–H and O–H groups in total. The van der Waals surface area contributed by atoms with Crippen LogP contribution in [0.2, 0.25) is 0 Å². The van der Waals surface area contributed by atoms with Crippen LogP contribution in [-0.2, 0) is 28.7 Å². The second kappa shape index (κ2) is 14.8. The zero-order chi connectivity index (χ0) is 22.3. The van der Waals surface area contributed by atoms with Gasteiger partial charge >= 0.3 is 23.9 Å². The molecule has 0 heterocycles. The van der Waals surface area contributed by atoms with Crippen LogP contribution in [0.4, 0.5) is 0 Å². The first kappa shape index (κ1) is 28.0. The molecular weight excluding hydrogens is 372 g/mol. The molecule has 0 aromatic heterocycles. The van der Waals surface area contributed by atoms with Crippen molar-refractivity contribution in [2.24, 2.45) is 17.4 Å². The van der Waals surface area contributed by atoms with Crippen LogP contribution in [0.5, 0.6) is 0 Å². The SMILES string of the molecule is CCC(CC(=O)O)C(N)(CC)C(=O)O.CCOC(=O)CC[C@H](N)C(=O)OCC. The summed E-state index contributed by atoms with van der Waals surface area (Å²) in [6, 6.07) is -0.737. The van der Waals surface area contributed by atoms with Gasteiger partial charge in [0, 0.05) is 6.42 Å². The highest BCUT2D eigenvalue weighted by atomic mass is 16.5. The molecular formula is C18H34N2O8. The van der Waals surface area contributed by atoms with E-state index in [-0.39, 0.29) is 31.7 Å². The van der Waals surface area contributed by atoms with Gasteiger partial charge in [-0.05, 0) is 32.6 Å². The topological polar surface area (TPSA) is 179 Å². The summed E-state index contributed by atoms with van der Waals surface area (Å²) in [5.41, 5.74) is 9.72. The zero-order valence-electron chi connectivity index (χ0n) is 17.1. The third-order valence-electron chi connectivity index (χ3n) is 4.18. The van der Waals surface area contributed by atoms with E-state index >= 15 is 0 Å². The van der Waals surface area contributed by atoms with E-state index in [0.29, 0.717) is 19.6 Å². The average molecular weight is 406 g/mol. The summed E-state index contributed by atoms with van der Waals surface area (Å²) < 4.78 is 9.37. The van der Waals surface area contributed by atoms with Gasteiger partial charge in [0.15, 0.2) is 0 Å². The lowest BCUT2D eigenvalue weighted by Gasteiger charge is -2.31. The van der Waals surface area contributed by atoms with Crippen molar-refractivity contribution in [1.82, 2.24) is 0 Å². The summed E-state index contributed by atoms with van der Waals surface area (Å²) in [7, 11) is 0. The van der Waals surface area contributed by atoms with Gasteiger partial charge in [-0.3, -0.25) is 19.2 Å². The van der Waals surface area contributed by atoms with E-state index in [9.17, 15) is 19.2 Å². The number of carboxylic acid groups (broad SMARTS) is 2. The van der Waals surface area contributed by atoms with Gasteiger partial charge in [-0.2, -0.15) is 0 Å². The van der Waals surface area contributed by atoms with Crippen LogP contribution in [0.15, 0.2) is 0 Å². The van der Waals surface area contributed by atoms with Gasteiger partial charge in [0.1, 0.15) is 11.6 Å². The molecule has 0 aliphatic rings. The molecule has 0 aromatic rings. The molecule has 0 aliphatic carbocycles. The average Bonchev–Trinajstić information content (AvgIpc) is 2.64. The third kappa shape index (κ3) is 10.8. The highest BCUT2D eigenvalue weighted by Crippen LogP contribution is 2.25. The summed E-state index contributed by atoms with van der Waals surface area (Å²) in [6.07, 6.45) is 0.885. The summed E-state index contributed by atoms with van der Waals surface area (Å²) in [4.78, 5) is 43.3. The standard InChI is InChI=1S/2C9H17NO4/c1-3-13-8(11)6-5-7(10)9(12)14-4-2;1-3-6(5-7(11)12)9(10,4-2)8(13)14/h7H,3-6,10H2,1-2H3;6H,3-5,10H2,1-2H3,(H,11,12)(H,13,14)/t7-;/m0./s1. The van der Waals surface area contributed by atoms with Crippen LogP contribution < -0.4 is 11.5 Å². The molecule has 0 rings (SSSR count). The molecule has 10 nitrogen and oxygen atoms in total. The first-order valence-electron chi connectivity index (χ1n) is 9.31. The zero-order valence-corrected chi connectivity index (χ0v) is 17.1. The fourth-order valence-electron chi connectivity index (χ4n) is 2.39. The molecule has 0 amide bonds. The number of rotatable bonds is 12. The minimum absolute atomic E-state index is 0.147. The van der Waals surface area contributed by atoms with Gasteiger partial charge in [0.2, 0.25) is 0 Å². The Morgan fingerprint density at radius 3 is 1.89 bits per heavy atom. The van der Waals surface area contributed by atoms with Gasteiger partial charge in [-0.1, -0.05) is 20.3 Å². The number of hydrogen-bond acceptors (Lipinski definition) is 8. The molecule has 0 saturated heterocycles. The van der Waals surface area contributed by atoms with E-state index in [2.05, 4.69) is 9.47 Å². The fourth-order valence-corrected chi connectivity index (χ4v) is 2.39. The Bertz CT molecular complexity index is 512. The Morgan fingerprint density at radius 2 is 1.54 bits per heavy atom. The summed E-state index contributed by atoms with van der Waals surface area (Å²) >= 11 is 0. The quantitative estimate of drug-likeness (QED) is 0.340. The summed E-state index contributed by atoms with van der Waals surface area (Å²) in [6.45, 7) is 7.46. The number of carbonyl (C=O) groups is 4. The van der Waals surface area contributed by atoms with Crippen molar-refractivity contribution in [2.75, 3.05) is 13.2 Å².